The molecular formula is C14H17F3N2O5. The number of carbonyl (C=O) groups is 2. The maximum Gasteiger partial charge on any atom is 0.417 e. The number of halogens is 3. The number of alkyl halides is 3. The van der Waals surface area contributed by atoms with E-state index in [2.05, 4.69) is 0 Å². The second-order valence-corrected chi connectivity index (χ2v) is 5.05. The fraction of sp³-hybridized carbons (Fsp3) is 0.429. The van der Waals surface area contributed by atoms with Crippen molar-refractivity contribution in [3.63, 3.8) is 0 Å². The molecule has 1 aromatic rings. The van der Waals surface area contributed by atoms with Crippen LogP contribution in [0.3, 0.4) is 0 Å². The number of hydrogen-bond donors (Lipinski definition) is 3. The van der Waals surface area contributed by atoms with E-state index in [4.69, 9.17) is 9.47 Å². The Morgan fingerprint density at radius 3 is 2.00 bits per heavy atom. The van der Waals surface area contributed by atoms with Crippen LogP contribution in [-0.2, 0) is 4.79 Å². The Bertz CT molecular complexity index is 595. The van der Waals surface area contributed by atoms with Crippen LogP contribution >= 0.6 is 0 Å². The lowest BCUT2D eigenvalue weighted by Gasteiger charge is -2.25. The molecule has 0 fully saturated rings. The molecule has 0 aromatic heterocycles. The van der Waals surface area contributed by atoms with Gasteiger partial charge in [-0.15, -0.1) is 0 Å². The summed E-state index contributed by atoms with van der Waals surface area (Å²) in [5.41, 5.74) is 0.594. The van der Waals surface area contributed by atoms with Crippen molar-refractivity contribution in [1.29, 1.82) is 0 Å². The molecule has 134 valence electrons. The van der Waals surface area contributed by atoms with E-state index in [1.54, 1.807) is 5.43 Å². The third-order valence-electron chi connectivity index (χ3n) is 3.04. The highest BCUT2D eigenvalue weighted by atomic mass is 19.4. The molecule has 0 saturated heterocycles. The fourth-order valence-corrected chi connectivity index (χ4v) is 1.59. The van der Waals surface area contributed by atoms with Crippen molar-refractivity contribution in [2.24, 2.45) is 0 Å². The molecule has 0 radical (unpaired) electrons. The van der Waals surface area contributed by atoms with Gasteiger partial charge >= 0.3 is 6.18 Å². The highest BCUT2D eigenvalue weighted by Gasteiger charge is 2.51. The first kappa shape index (κ1) is 19.6. The van der Waals surface area contributed by atoms with Gasteiger partial charge in [-0.25, -0.2) is 0 Å². The third-order valence-corrected chi connectivity index (χ3v) is 3.04. The van der Waals surface area contributed by atoms with Gasteiger partial charge in [-0.2, -0.15) is 13.2 Å². The largest absolute Gasteiger partial charge is 0.497 e. The molecule has 1 rings (SSSR count). The minimum absolute atomic E-state index is 0.0501. The molecule has 0 saturated carbocycles. The average molecular weight is 350 g/mol. The van der Waals surface area contributed by atoms with E-state index in [0.29, 0.717) is 18.4 Å². The van der Waals surface area contributed by atoms with Crippen molar-refractivity contribution in [3.05, 3.63) is 23.8 Å². The molecule has 1 unspecified atom stereocenters. The highest BCUT2D eigenvalue weighted by Crippen LogP contribution is 2.32. The van der Waals surface area contributed by atoms with Gasteiger partial charge in [0.15, 0.2) is 5.60 Å². The summed E-state index contributed by atoms with van der Waals surface area (Å²) >= 11 is 0. The first-order valence-corrected chi connectivity index (χ1v) is 6.61. The Kier molecular flexibility index (Phi) is 6.02. The van der Waals surface area contributed by atoms with Gasteiger partial charge in [0, 0.05) is 11.6 Å². The number of ether oxygens (including phenoxy) is 2. The molecule has 0 bridgehead atoms. The van der Waals surface area contributed by atoms with Crippen molar-refractivity contribution in [2.45, 2.75) is 25.1 Å². The van der Waals surface area contributed by atoms with Gasteiger partial charge < -0.3 is 14.6 Å². The summed E-state index contributed by atoms with van der Waals surface area (Å²) in [5, 5.41) is 9.21. The zero-order valence-corrected chi connectivity index (χ0v) is 13.2. The van der Waals surface area contributed by atoms with E-state index in [1.807, 2.05) is 5.43 Å². The van der Waals surface area contributed by atoms with Gasteiger partial charge in [-0.1, -0.05) is 0 Å². The van der Waals surface area contributed by atoms with Gasteiger partial charge in [0.2, 0.25) is 5.91 Å². The van der Waals surface area contributed by atoms with Crippen LogP contribution in [0.4, 0.5) is 13.2 Å². The Balaban J connectivity index is 2.71. The quantitative estimate of drug-likeness (QED) is 0.693. The van der Waals surface area contributed by atoms with Crippen molar-refractivity contribution in [1.82, 2.24) is 10.9 Å². The zero-order chi connectivity index (χ0) is 18.5. The normalized spacial score (nSPS) is 13.6. The van der Waals surface area contributed by atoms with Crippen LogP contribution in [0.2, 0.25) is 0 Å². The van der Waals surface area contributed by atoms with E-state index in [-0.39, 0.29) is 5.56 Å². The number of rotatable bonds is 5. The highest BCUT2D eigenvalue weighted by molar-refractivity contribution is 5.96. The lowest BCUT2D eigenvalue weighted by molar-refractivity contribution is -0.253. The van der Waals surface area contributed by atoms with E-state index in [0.717, 1.165) is 0 Å². The lowest BCUT2D eigenvalue weighted by Crippen LogP contribution is -2.49. The fourth-order valence-electron chi connectivity index (χ4n) is 1.59. The predicted octanol–water partition coefficient (Wildman–Crippen LogP) is 1.17. The van der Waals surface area contributed by atoms with Gasteiger partial charge in [0.05, 0.1) is 20.6 Å². The molecule has 0 aliphatic heterocycles. The monoisotopic (exact) mass is 350 g/mol. The standard InChI is InChI=1S/C14H17F3N2O5/c1-13(22,14(15,16)17)7-11(20)18-19-12(21)8-4-9(23-2)6-10(5-8)24-3/h4-6,22H,7H2,1-3H3,(H,18,20)(H,19,21). The number of amides is 2. The summed E-state index contributed by atoms with van der Waals surface area (Å²) in [4.78, 5) is 23.4. The smallest absolute Gasteiger partial charge is 0.417 e. The minimum Gasteiger partial charge on any atom is -0.497 e. The average Bonchev–Trinajstić information content (AvgIpc) is 2.50. The summed E-state index contributed by atoms with van der Waals surface area (Å²) in [7, 11) is 2.74. The first-order chi connectivity index (χ1) is 11.0. The number of carbonyl (C=O) groups excluding carboxylic acids is 2. The molecule has 0 aliphatic carbocycles. The third kappa shape index (κ3) is 5.01. The number of nitrogens with one attached hydrogen (secondary N) is 2. The van der Waals surface area contributed by atoms with Gasteiger partial charge in [0.1, 0.15) is 11.5 Å². The van der Waals surface area contributed by atoms with Gasteiger partial charge in [0.25, 0.3) is 5.91 Å². The maximum absolute atomic E-state index is 12.5. The van der Waals surface area contributed by atoms with Crippen molar-refractivity contribution >= 4 is 11.8 Å². The predicted molar refractivity (Wildman–Crippen MR) is 76.5 cm³/mol. The van der Waals surface area contributed by atoms with Crippen molar-refractivity contribution < 1.29 is 37.3 Å². The van der Waals surface area contributed by atoms with Crippen LogP contribution in [-0.4, -0.2) is 42.9 Å². The Hall–Kier alpha value is -2.49. The van der Waals surface area contributed by atoms with Crippen LogP contribution < -0.4 is 20.3 Å². The van der Waals surface area contributed by atoms with Gasteiger partial charge in [-0.05, 0) is 19.1 Å². The van der Waals surface area contributed by atoms with Gasteiger partial charge in [-0.3, -0.25) is 20.4 Å². The van der Waals surface area contributed by atoms with E-state index in [1.165, 1.54) is 32.4 Å². The Morgan fingerprint density at radius 2 is 1.58 bits per heavy atom. The van der Waals surface area contributed by atoms with Crippen LogP contribution in [0.5, 0.6) is 11.5 Å². The Labute approximate surface area is 135 Å². The molecule has 10 heteroatoms. The molecule has 1 atom stereocenters. The second-order valence-electron chi connectivity index (χ2n) is 5.05. The zero-order valence-electron chi connectivity index (χ0n) is 13.2. The minimum atomic E-state index is -4.98. The molecule has 2 amide bonds. The SMILES string of the molecule is COc1cc(OC)cc(C(=O)NNC(=O)CC(C)(O)C(F)(F)F)c1. The summed E-state index contributed by atoms with van der Waals surface area (Å²) in [5.74, 6) is -1.38. The second kappa shape index (κ2) is 7.39. The van der Waals surface area contributed by atoms with Crippen molar-refractivity contribution in [2.75, 3.05) is 14.2 Å². The molecule has 1 aromatic carbocycles. The molecule has 24 heavy (non-hydrogen) atoms. The summed E-state index contributed by atoms with van der Waals surface area (Å²) in [6, 6.07) is 4.20. The number of benzene rings is 1. The molecule has 7 nitrogen and oxygen atoms in total. The maximum atomic E-state index is 12.5. The molecular weight excluding hydrogens is 333 g/mol. The molecule has 0 heterocycles. The molecule has 0 aliphatic rings. The molecule has 3 N–H and O–H groups in total. The Morgan fingerprint density at radius 1 is 1.08 bits per heavy atom. The number of aliphatic hydroxyl groups is 1. The number of methoxy groups -OCH3 is 2. The lowest BCUT2D eigenvalue weighted by atomic mass is 10.0. The summed E-state index contributed by atoms with van der Waals surface area (Å²) in [6.45, 7) is 0.460. The van der Waals surface area contributed by atoms with E-state index >= 15 is 0 Å². The molecule has 0 spiro atoms. The van der Waals surface area contributed by atoms with Crippen LogP contribution in [0, 0.1) is 0 Å². The number of hydrogen-bond acceptors (Lipinski definition) is 5. The summed E-state index contributed by atoms with van der Waals surface area (Å²) in [6.07, 6.45) is -6.24. The van der Waals surface area contributed by atoms with Crippen molar-refractivity contribution in [3.8, 4) is 11.5 Å². The first-order valence-electron chi connectivity index (χ1n) is 6.61. The van der Waals surface area contributed by atoms with E-state index in [9.17, 15) is 27.9 Å². The number of hydrazine groups is 1. The van der Waals surface area contributed by atoms with Crippen LogP contribution in [0.1, 0.15) is 23.7 Å². The van der Waals surface area contributed by atoms with Crippen LogP contribution in [0.25, 0.3) is 0 Å². The summed E-state index contributed by atoms with van der Waals surface area (Å²) < 4.78 is 47.4. The van der Waals surface area contributed by atoms with E-state index < -0.39 is 30.0 Å². The topological polar surface area (TPSA) is 96.9 Å². The van der Waals surface area contributed by atoms with Crippen LogP contribution in [0.15, 0.2) is 18.2 Å².